The number of hydrogen-bond donors (Lipinski definition) is 1. The molecular formula is C16H24O3. The van der Waals surface area contributed by atoms with Crippen LogP contribution in [0.4, 0.5) is 0 Å². The molecule has 1 fully saturated rings. The molecule has 19 heavy (non-hydrogen) atoms. The Balaban J connectivity index is 1.93. The van der Waals surface area contributed by atoms with Crippen molar-refractivity contribution in [2.24, 2.45) is 0 Å². The number of hydrogen-bond acceptors (Lipinski definition) is 3. The topological polar surface area (TPSA) is 38.7 Å². The van der Waals surface area contributed by atoms with Crippen molar-refractivity contribution in [2.75, 3.05) is 19.8 Å². The fourth-order valence-electron chi connectivity index (χ4n) is 2.79. The minimum Gasteiger partial charge on any atom is -0.390 e. The molecule has 1 aliphatic rings. The van der Waals surface area contributed by atoms with Gasteiger partial charge < -0.3 is 14.6 Å². The maximum atomic E-state index is 10.5. The lowest BCUT2D eigenvalue weighted by Crippen LogP contribution is -2.49. The van der Waals surface area contributed by atoms with Crippen molar-refractivity contribution in [3.63, 3.8) is 0 Å². The standard InChI is InChI=1S/C16H24O3/c1-2-19-16(10-12-18-13-11-16)15(17)9-8-14-6-4-3-5-7-14/h3-7,15,17H,2,8-13H2,1H3. The first kappa shape index (κ1) is 14.5. The van der Waals surface area contributed by atoms with Crippen LogP contribution >= 0.6 is 0 Å². The molecule has 3 heteroatoms. The lowest BCUT2D eigenvalue weighted by atomic mass is 9.85. The predicted molar refractivity (Wildman–Crippen MR) is 75.2 cm³/mol. The summed E-state index contributed by atoms with van der Waals surface area (Å²) in [4.78, 5) is 0. The SMILES string of the molecule is CCOC1(C(O)CCc2ccccc2)CCOCC1. The van der Waals surface area contributed by atoms with E-state index >= 15 is 0 Å². The third-order valence-corrected chi connectivity index (χ3v) is 3.93. The summed E-state index contributed by atoms with van der Waals surface area (Å²) < 4.78 is 11.3. The Bertz CT molecular complexity index is 352. The first-order chi connectivity index (χ1) is 9.27. The Morgan fingerprint density at radius 2 is 1.95 bits per heavy atom. The van der Waals surface area contributed by atoms with Gasteiger partial charge in [-0.1, -0.05) is 30.3 Å². The van der Waals surface area contributed by atoms with Crippen LogP contribution in [0.2, 0.25) is 0 Å². The quantitative estimate of drug-likeness (QED) is 0.858. The van der Waals surface area contributed by atoms with E-state index < -0.39 is 11.7 Å². The van der Waals surface area contributed by atoms with Gasteiger partial charge in [0.2, 0.25) is 0 Å². The zero-order valence-electron chi connectivity index (χ0n) is 11.7. The highest BCUT2D eigenvalue weighted by molar-refractivity contribution is 5.15. The molecule has 1 aromatic carbocycles. The molecule has 0 spiro atoms. The van der Waals surface area contributed by atoms with Gasteiger partial charge in [-0.15, -0.1) is 0 Å². The van der Waals surface area contributed by atoms with Crippen LogP contribution in [0.15, 0.2) is 30.3 Å². The van der Waals surface area contributed by atoms with Gasteiger partial charge in [-0.3, -0.25) is 0 Å². The Morgan fingerprint density at radius 3 is 2.58 bits per heavy atom. The van der Waals surface area contributed by atoms with Gasteiger partial charge in [0.25, 0.3) is 0 Å². The number of aliphatic hydroxyl groups excluding tert-OH is 1. The molecule has 1 atom stereocenters. The monoisotopic (exact) mass is 264 g/mol. The molecule has 0 radical (unpaired) electrons. The average Bonchev–Trinajstić information content (AvgIpc) is 2.47. The van der Waals surface area contributed by atoms with Gasteiger partial charge in [0, 0.05) is 32.7 Å². The normalized spacial score (nSPS) is 20.1. The second-order valence-corrected chi connectivity index (χ2v) is 5.15. The molecule has 0 amide bonds. The molecule has 1 unspecified atom stereocenters. The molecule has 1 heterocycles. The summed E-state index contributed by atoms with van der Waals surface area (Å²) in [5.74, 6) is 0. The molecule has 1 saturated heterocycles. The van der Waals surface area contributed by atoms with E-state index in [1.807, 2.05) is 25.1 Å². The molecule has 2 rings (SSSR count). The molecule has 0 bridgehead atoms. The third kappa shape index (κ3) is 3.78. The number of ether oxygens (including phenoxy) is 2. The highest BCUT2D eigenvalue weighted by Gasteiger charge is 2.39. The molecule has 1 aliphatic heterocycles. The Morgan fingerprint density at radius 1 is 1.26 bits per heavy atom. The molecule has 106 valence electrons. The van der Waals surface area contributed by atoms with E-state index in [0.29, 0.717) is 19.8 Å². The molecule has 3 nitrogen and oxygen atoms in total. The summed E-state index contributed by atoms with van der Waals surface area (Å²) in [5, 5.41) is 10.5. The largest absolute Gasteiger partial charge is 0.390 e. The van der Waals surface area contributed by atoms with E-state index in [2.05, 4.69) is 12.1 Å². The molecule has 0 aromatic heterocycles. The zero-order chi connectivity index (χ0) is 13.6. The fraction of sp³-hybridized carbons (Fsp3) is 0.625. The van der Waals surface area contributed by atoms with Gasteiger partial charge in [0.1, 0.15) is 0 Å². The van der Waals surface area contributed by atoms with Crippen LogP contribution in [-0.2, 0) is 15.9 Å². The van der Waals surface area contributed by atoms with Gasteiger partial charge in [-0.25, -0.2) is 0 Å². The zero-order valence-corrected chi connectivity index (χ0v) is 11.7. The predicted octanol–water partition coefficient (Wildman–Crippen LogP) is 2.57. The molecule has 0 saturated carbocycles. The maximum Gasteiger partial charge on any atom is 0.0983 e. The van der Waals surface area contributed by atoms with Crippen LogP contribution in [0.3, 0.4) is 0 Å². The summed E-state index contributed by atoms with van der Waals surface area (Å²) >= 11 is 0. The summed E-state index contributed by atoms with van der Waals surface area (Å²) in [7, 11) is 0. The van der Waals surface area contributed by atoms with Crippen molar-refractivity contribution in [3.8, 4) is 0 Å². The first-order valence-corrected chi connectivity index (χ1v) is 7.20. The van der Waals surface area contributed by atoms with Crippen molar-refractivity contribution in [2.45, 2.75) is 44.3 Å². The van der Waals surface area contributed by atoms with Gasteiger partial charge >= 0.3 is 0 Å². The van der Waals surface area contributed by atoms with E-state index in [0.717, 1.165) is 25.7 Å². The molecule has 1 aromatic rings. The van der Waals surface area contributed by atoms with Crippen LogP contribution < -0.4 is 0 Å². The van der Waals surface area contributed by atoms with E-state index in [-0.39, 0.29) is 0 Å². The first-order valence-electron chi connectivity index (χ1n) is 7.20. The minimum atomic E-state index is -0.420. The number of rotatable bonds is 6. The highest BCUT2D eigenvalue weighted by Crippen LogP contribution is 2.31. The average molecular weight is 264 g/mol. The lowest BCUT2D eigenvalue weighted by molar-refractivity contribution is -0.167. The highest BCUT2D eigenvalue weighted by atomic mass is 16.5. The number of aliphatic hydroxyl groups is 1. The van der Waals surface area contributed by atoms with Gasteiger partial charge in [-0.2, -0.15) is 0 Å². The Labute approximate surface area is 115 Å². The number of aryl methyl sites for hydroxylation is 1. The van der Waals surface area contributed by atoms with Crippen LogP contribution in [0.1, 0.15) is 31.7 Å². The van der Waals surface area contributed by atoms with Gasteiger partial charge in [0.15, 0.2) is 0 Å². The van der Waals surface area contributed by atoms with Gasteiger partial charge in [-0.05, 0) is 25.3 Å². The minimum absolute atomic E-state index is 0.401. The summed E-state index contributed by atoms with van der Waals surface area (Å²) in [6.45, 7) is 3.99. The van der Waals surface area contributed by atoms with Crippen LogP contribution in [0, 0.1) is 0 Å². The van der Waals surface area contributed by atoms with Crippen LogP contribution in [0.5, 0.6) is 0 Å². The van der Waals surface area contributed by atoms with Crippen molar-refractivity contribution in [1.29, 1.82) is 0 Å². The second-order valence-electron chi connectivity index (χ2n) is 5.15. The Kier molecular flexibility index (Phi) is 5.37. The summed E-state index contributed by atoms with van der Waals surface area (Å²) in [6.07, 6.45) is 2.78. The van der Waals surface area contributed by atoms with Crippen molar-refractivity contribution in [1.82, 2.24) is 0 Å². The lowest BCUT2D eigenvalue weighted by Gasteiger charge is -2.40. The maximum absolute atomic E-state index is 10.5. The fourth-order valence-corrected chi connectivity index (χ4v) is 2.79. The number of benzene rings is 1. The summed E-state index contributed by atoms with van der Waals surface area (Å²) in [6, 6.07) is 10.3. The van der Waals surface area contributed by atoms with E-state index in [1.165, 1.54) is 5.56 Å². The van der Waals surface area contributed by atoms with E-state index in [4.69, 9.17) is 9.47 Å². The molecule has 0 aliphatic carbocycles. The van der Waals surface area contributed by atoms with Crippen LogP contribution in [0.25, 0.3) is 0 Å². The Hall–Kier alpha value is -0.900. The van der Waals surface area contributed by atoms with Crippen molar-refractivity contribution in [3.05, 3.63) is 35.9 Å². The van der Waals surface area contributed by atoms with Crippen LogP contribution in [-0.4, -0.2) is 36.6 Å². The summed E-state index contributed by atoms with van der Waals surface area (Å²) in [5.41, 5.74) is 0.863. The smallest absolute Gasteiger partial charge is 0.0983 e. The second kappa shape index (κ2) is 7.04. The van der Waals surface area contributed by atoms with Crippen molar-refractivity contribution >= 4 is 0 Å². The molecule has 1 N–H and O–H groups in total. The molecular weight excluding hydrogens is 240 g/mol. The van der Waals surface area contributed by atoms with Gasteiger partial charge in [0.05, 0.1) is 11.7 Å². The third-order valence-electron chi connectivity index (χ3n) is 3.93. The van der Waals surface area contributed by atoms with Crippen molar-refractivity contribution < 1.29 is 14.6 Å². The van der Waals surface area contributed by atoms with E-state index in [1.54, 1.807) is 0 Å². The van der Waals surface area contributed by atoms with E-state index in [9.17, 15) is 5.11 Å².